The highest BCUT2D eigenvalue weighted by Crippen LogP contribution is 2.25. The molecule has 1 aliphatic rings. The van der Waals surface area contributed by atoms with Gasteiger partial charge in [0, 0.05) is 23.7 Å². The minimum absolute atomic E-state index is 0.0335. The molecular formula is C24H27ClFN3O5S2. The number of sulfonamides is 1. The molecule has 1 saturated heterocycles. The average molecular weight is 556 g/mol. The summed E-state index contributed by atoms with van der Waals surface area (Å²) in [5.41, 5.74) is 0.434. The van der Waals surface area contributed by atoms with Crippen LogP contribution < -0.4 is 0 Å². The second kappa shape index (κ2) is 11.0. The summed E-state index contributed by atoms with van der Waals surface area (Å²) in [5, 5.41) is 0.174. The zero-order chi connectivity index (χ0) is 25.9. The monoisotopic (exact) mass is 555 g/mol. The molecule has 1 atom stereocenters. The fourth-order valence-corrected chi connectivity index (χ4v) is 7.20. The van der Waals surface area contributed by atoms with Gasteiger partial charge in [-0.05, 0) is 43.2 Å². The van der Waals surface area contributed by atoms with E-state index in [9.17, 15) is 21.2 Å². The van der Waals surface area contributed by atoms with Crippen molar-refractivity contribution in [3.05, 3.63) is 76.8 Å². The minimum atomic E-state index is -4.05. The number of sulfone groups is 1. The molecule has 36 heavy (non-hydrogen) atoms. The van der Waals surface area contributed by atoms with Crippen LogP contribution in [0.25, 0.3) is 0 Å². The van der Waals surface area contributed by atoms with Crippen LogP contribution in [0, 0.1) is 5.82 Å². The van der Waals surface area contributed by atoms with E-state index in [-0.39, 0.29) is 41.4 Å². The first-order valence-electron chi connectivity index (χ1n) is 11.5. The molecule has 1 fully saturated rings. The van der Waals surface area contributed by atoms with E-state index in [1.807, 2.05) is 0 Å². The molecule has 12 heteroatoms. The molecule has 2 heterocycles. The van der Waals surface area contributed by atoms with Crippen LogP contribution >= 0.6 is 11.6 Å². The van der Waals surface area contributed by atoms with Gasteiger partial charge in [-0.3, -0.25) is 0 Å². The highest BCUT2D eigenvalue weighted by molar-refractivity contribution is 7.90. The number of benzene rings is 2. The molecule has 4 rings (SSSR count). The second-order valence-electron chi connectivity index (χ2n) is 8.51. The Balaban J connectivity index is 1.69. The van der Waals surface area contributed by atoms with Gasteiger partial charge in [-0.25, -0.2) is 26.2 Å². The average Bonchev–Trinajstić information content (AvgIpc) is 3.50. The largest absolute Gasteiger partial charge is 0.376 e. The van der Waals surface area contributed by atoms with Crippen molar-refractivity contribution in [1.29, 1.82) is 0 Å². The highest BCUT2D eigenvalue weighted by Gasteiger charge is 2.30. The van der Waals surface area contributed by atoms with Crippen molar-refractivity contribution in [3.63, 3.8) is 0 Å². The fraction of sp³-hybridized carbons (Fsp3) is 0.375. The van der Waals surface area contributed by atoms with Crippen molar-refractivity contribution < 1.29 is 26.0 Å². The third-order valence-corrected chi connectivity index (χ3v) is 9.80. The topological polar surface area (TPSA) is 98.6 Å². The quantitative estimate of drug-likeness (QED) is 0.374. The van der Waals surface area contributed by atoms with Gasteiger partial charge in [0.2, 0.25) is 25.0 Å². The molecule has 8 nitrogen and oxygen atoms in total. The van der Waals surface area contributed by atoms with E-state index in [0.717, 1.165) is 12.8 Å². The Morgan fingerprint density at radius 1 is 1.14 bits per heavy atom. The summed E-state index contributed by atoms with van der Waals surface area (Å²) in [6.45, 7) is 2.51. The molecule has 0 aliphatic carbocycles. The summed E-state index contributed by atoms with van der Waals surface area (Å²) < 4.78 is 75.9. The van der Waals surface area contributed by atoms with Crippen LogP contribution in [0.5, 0.6) is 0 Å². The van der Waals surface area contributed by atoms with Gasteiger partial charge in [-0.15, -0.1) is 0 Å². The molecule has 1 aromatic heterocycles. The van der Waals surface area contributed by atoms with Crippen LogP contribution in [0.1, 0.15) is 31.0 Å². The molecule has 2 aromatic carbocycles. The van der Waals surface area contributed by atoms with E-state index in [2.05, 4.69) is 4.98 Å². The smallest absolute Gasteiger partial charge is 0.243 e. The number of hydrogen-bond acceptors (Lipinski definition) is 6. The SMILES string of the molecule is CCN(Cc1cnc(S(=O)(=O)Cc2ccccc2F)n1C[C@H]1CCCO1)S(=O)(=O)c1ccc(Cl)cc1. The van der Waals surface area contributed by atoms with Gasteiger partial charge in [0.15, 0.2) is 0 Å². The summed E-state index contributed by atoms with van der Waals surface area (Å²) in [4.78, 5) is 4.24. The Bertz CT molecular complexity index is 1420. The summed E-state index contributed by atoms with van der Waals surface area (Å²) in [6.07, 6.45) is 2.72. The fourth-order valence-electron chi connectivity index (χ4n) is 4.14. The molecule has 0 radical (unpaired) electrons. The molecule has 0 amide bonds. The van der Waals surface area contributed by atoms with Gasteiger partial charge in [0.25, 0.3) is 0 Å². The summed E-state index contributed by atoms with van der Waals surface area (Å²) in [7, 11) is -7.94. The maximum Gasteiger partial charge on any atom is 0.243 e. The van der Waals surface area contributed by atoms with Crippen molar-refractivity contribution >= 4 is 31.5 Å². The molecule has 1 aliphatic heterocycles. The summed E-state index contributed by atoms with van der Waals surface area (Å²) >= 11 is 5.91. The Morgan fingerprint density at radius 2 is 1.86 bits per heavy atom. The number of halogens is 2. The number of hydrogen-bond donors (Lipinski definition) is 0. The van der Waals surface area contributed by atoms with Gasteiger partial charge in [-0.1, -0.05) is 36.7 Å². The first-order chi connectivity index (χ1) is 17.1. The number of nitrogens with zero attached hydrogens (tertiary/aromatic N) is 3. The molecule has 3 aromatic rings. The zero-order valence-corrected chi connectivity index (χ0v) is 22.1. The number of ether oxygens (including phenoxy) is 1. The van der Waals surface area contributed by atoms with Crippen LogP contribution in [0.3, 0.4) is 0 Å². The van der Waals surface area contributed by atoms with E-state index in [0.29, 0.717) is 17.3 Å². The minimum Gasteiger partial charge on any atom is -0.376 e. The van der Waals surface area contributed by atoms with Crippen molar-refractivity contribution in [3.8, 4) is 0 Å². The lowest BCUT2D eigenvalue weighted by molar-refractivity contribution is 0.0937. The van der Waals surface area contributed by atoms with Crippen LogP contribution in [0.15, 0.2) is 64.8 Å². The summed E-state index contributed by atoms with van der Waals surface area (Å²) in [6, 6.07) is 11.5. The zero-order valence-electron chi connectivity index (χ0n) is 19.7. The molecule has 0 saturated carbocycles. The molecule has 0 spiro atoms. The Kier molecular flexibility index (Phi) is 8.15. The Hall–Kier alpha value is -2.31. The van der Waals surface area contributed by atoms with Crippen molar-refractivity contribution in [2.45, 2.75) is 54.8 Å². The van der Waals surface area contributed by atoms with Crippen LogP contribution in [0.2, 0.25) is 5.02 Å². The van der Waals surface area contributed by atoms with E-state index < -0.39 is 31.4 Å². The van der Waals surface area contributed by atoms with E-state index >= 15 is 0 Å². The lowest BCUT2D eigenvalue weighted by atomic mass is 10.2. The van der Waals surface area contributed by atoms with E-state index in [1.165, 1.54) is 57.5 Å². The van der Waals surface area contributed by atoms with Crippen LogP contribution in [-0.4, -0.2) is 49.9 Å². The lowest BCUT2D eigenvalue weighted by Gasteiger charge is -2.22. The second-order valence-corrected chi connectivity index (χ2v) is 12.8. The number of rotatable bonds is 10. The first-order valence-corrected chi connectivity index (χ1v) is 15.0. The molecule has 0 N–H and O–H groups in total. The van der Waals surface area contributed by atoms with Gasteiger partial charge in [0.05, 0.1) is 41.7 Å². The van der Waals surface area contributed by atoms with E-state index in [4.69, 9.17) is 16.3 Å². The van der Waals surface area contributed by atoms with E-state index in [1.54, 1.807) is 13.0 Å². The maximum atomic E-state index is 14.2. The first kappa shape index (κ1) is 26.7. The highest BCUT2D eigenvalue weighted by atomic mass is 35.5. The normalized spacial score (nSPS) is 16.6. The lowest BCUT2D eigenvalue weighted by Crippen LogP contribution is -2.32. The van der Waals surface area contributed by atoms with Crippen molar-refractivity contribution in [1.82, 2.24) is 13.9 Å². The molecule has 194 valence electrons. The van der Waals surface area contributed by atoms with Gasteiger partial charge in [-0.2, -0.15) is 4.31 Å². The third-order valence-electron chi connectivity index (χ3n) is 6.04. The van der Waals surface area contributed by atoms with Crippen molar-refractivity contribution in [2.75, 3.05) is 13.2 Å². The van der Waals surface area contributed by atoms with Crippen molar-refractivity contribution in [2.24, 2.45) is 0 Å². The van der Waals surface area contributed by atoms with Gasteiger partial charge in [0.1, 0.15) is 5.82 Å². The summed E-state index contributed by atoms with van der Waals surface area (Å²) in [5.74, 6) is -1.19. The molecular weight excluding hydrogens is 529 g/mol. The third kappa shape index (κ3) is 5.81. The molecule has 0 bridgehead atoms. The predicted molar refractivity (Wildman–Crippen MR) is 133 cm³/mol. The Morgan fingerprint density at radius 3 is 2.50 bits per heavy atom. The molecule has 0 unspecified atom stereocenters. The maximum absolute atomic E-state index is 14.2. The standard InChI is InChI=1S/C24H27ClFN3O5S2/c1-2-28(36(32,33)22-11-9-19(25)10-12-22)15-20-14-27-24(29(20)16-21-7-5-13-34-21)35(30,31)17-18-6-3-4-8-23(18)26/h3-4,6,8-12,14,21H,2,5,7,13,15-17H2,1H3/t21-/m1/s1. The Labute approximate surface area is 215 Å². The number of aromatic nitrogens is 2. The number of imidazole rings is 1. The van der Waals surface area contributed by atoms with Gasteiger partial charge < -0.3 is 9.30 Å². The van der Waals surface area contributed by atoms with Gasteiger partial charge >= 0.3 is 0 Å². The van der Waals surface area contributed by atoms with Crippen LogP contribution in [-0.2, 0) is 43.4 Å². The predicted octanol–water partition coefficient (Wildman–Crippen LogP) is 4.04. The van der Waals surface area contributed by atoms with Crippen LogP contribution in [0.4, 0.5) is 4.39 Å².